The second kappa shape index (κ2) is 4.42. The fourth-order valence-corrected chi connectivity index (χ4v) is 1.55. The summed E-state index contributed by atoms with van der Waals surface area (Å²) in [6.07, 6.45) is 4.62. The molecule has 0 aromatic carbocycles. The second-order valence-electron chi connectivity index (χ2n) is 3.61. The molecule has 1 atom stereocenters. The third-order valence-electron chi connectivity index (χ3n) is 2.40. The summed E-state index contributed by atoms with van der Waals surface area (Å²) in [5, 5.41) is 11.8. The van der Waals surface area contributed by atoms with Crippen LogP contribution in [0.25, 0.3) is 0 Å². The molecule has 0 aromatic rings. The number of amides is 2. The minimum Gasteiger partial charge on any atom is -0.393 e. The number of cyclic esters (lactones) is 1. The molecule has 6 nitrogen and oxygen atoms in total. The lowest BCUT2D eigenvalue weighted by molar-refractivity contribution is -0.116. The number of allylic oxidation sites excluding steroid dienone is 3. The van der Waals surface area contributed by atoms with Gasteiger partial charge in [0.05, 0.1) is 12.2 Å². The highest BCUT2D eigenvalue weighted by Gasteiger charge is 2.37. The van der Waals surface area contributed by atoms with Crippen LogP contribution in [0.15, 0.2) is 35.9 Å². The van der Waals surface area contributed by atoms with Crippen LogP contribution in [0.2, 0.25) is 0 Å². The molecule has 2 heterocycles. The van der Waals surface area contributed by atoms with Crippen LogP contribution < -0.4 is 5.32 Å². The number of carbonyl (C=O) groups is 2. The summed E-state index contributed by atoms with van der Waals surface area (Å²) in [6, 6.07) is 0. The zero-order valence-corrected chi connectivity index (χ0v) is 9.21. The van der Waals surface area contributed by atoms with Crippen molar-refractivity contribution < 1.29 is 19.4 Å². The number of nitrogens with zero attached hydrogens (tertiary/aromatic N) is 1. The van der Waals surface area contributed by atoms with Crippen LogP contribution in [0.3, 0.4) is 0 Å². The molecule has 2 N–H and O–H groups in total. The lowest BCUT2D eigenvalue weighted by Gasteiger charge is -2.36. The summed E-state index contributed by atoms with van der Waals surface area (Å²) >= 11 is 0. The molecule has 0 unspecified atom stereocenters. The van der Waals surface area contributed by atoms with Crippen LogP contribution in [0.5, 0.6) is 0 Å². The summed E-state index contributed by atoms with van der Waals surface area (Å²) in [6.45, 7) is 1.92. The Balaban J connectivity index is 2.10. The van der Waals surface area contributed by atoms with Crippen LogP contribution >= 0.6 is 0 Å². The van der Waals surface area contributed by atoms with E-state index in [1.54, 1.807) is 19.1 Å². The van der Waals surface area contributed by atoms with Crippen molar-refractivity contribution in [3.8, 4) is 0 Å². The fourth-order valence-electron chi connectivity index (χ4n) is 1.55. The normalized spacial score (nSPS) is 23.1. The number of fused-ring (bicyclic) bond motifs is 1. The highest BCUT2D eigenvalue weighted by molar-refractivity contribution is 5.89. The van der Waals surface area contributed by atoms with Crippen molar-refractivity contribution in [1.29, 1.82) is 0 Å². The molecule has 90 valence electrons. The molecule has 1 fully saturated rings. The van der Waals surface area contributed by atoms with Crippen molar-refractivity contribution in [3.63, 3.8) is 0 Å². The quantitative estimate of drug-likeness (QED) is 0.673. The third kappa shape index (κ3) is 2.21. The number of aliphatic hydroxyl groups is 1. The molecule has 2 amide bonds. The zero-order chi connectivity index (χ0) is 12.4. The number of hydrogen-bond acceptors (Lipinski definition) is 4. The Morgan fingerprint density at radius 1 is 1.65 bits per heavy atom. The van der Waals surface area contributed by atoms with Crippen molar-refractivity contribution >= 4 is 12.0 Å². The van der Waals surface area contributed by atoms with Crippen LogP contribution in [0.1, 0.15) is 6.92 Å². The van der Waals surface area contributed by atoms with Gasteiger partial charge in [0.15, 0.2) is 0 Å². The maximum atomic E-state index is 11.5. The van der Waals surface area contributed by atoms with Gasteiger partial charge >= 0.3 is 6.09 Å². The van der Waals surface area contributed by atoms with E-state index >= 15 is 0 Å². The Morgan fingerprint density at radius 2 is 2.41 bits per heavy atom. The van der Waals surface area contributed by atoms with Gasteiger partial charge in [-0.05, 0) is 19.1 Å². The van der Waals surface area contributed by atoms with Gasteiger partial charge in [-0.3, -0.25) is 15.0 Å². The van der Waals surface area contributed by atoms with E-state index in [2.05, 4.69) is 5.32 Å². The Morgan fingerprint density at radius 3 is 3.06 bits per heavy atom. The second-order valence-corrected chi connectivity index (χ2v) is 3.61. The number of rotatable bonds is 2. The standard InChI is InChI=1S/C11H12N2O4/c1-2-3-9(15)12-10-5-4-7-8(14)6-13(7)11(16)17-10/h2-5,8,14H,6H2,1H3,(H,12,15)/b3-2+/t8-/m1/s1. The van der Waals surface area contributed by atoms with Gasteiger partial charge < -0.3 is 9.84 Å². The molecule has 0 saturated carbocycles. The highest BCUT2D eigenvalue weighted by atomic mass is 16.6. The maximum Gasteiger partial charge on any atom is 0.420 e. The molecule has 17 heavy (non-hydrogen) atoms. The van der Waals surface area contributed by atoms with Crippen LogP contribution in [0, 0.1) is 0 Å². The lowest BCUT2D eigenvalue weighted by atomic mass is 10.1. The molecule has 0 aromatic heterocycles. The van der Waals surface area contributed by atoms with Crippen LogP contribution in [0.4, 0.5) is 4.79 Å². The topological polar surface area (TPSA) is 78.9 Å². The SMILES string of the molecule is C/C=C/C(=O)NC1=CC=C2[C@H](O)CN2C(=O)O1. The van der Waals surface area contributed by atoms with Gasteiger partial charge in [-0.15, -0.1) is 0 Å². The molecule has 2 aliphatic rings. The Hall–Kier alpha value is -2.08. The van der Waals surface area contributed by atoms with Gasteiger partial charge in [0, 0.05) is 6.08 Å². The largest absolute Gasteiger partial charge is 0.420 e. The molecular formula is C11H12N2O4. The van der Waals surface area contributed by atoms with Crippen molar-refractivity contribution in [2.24, 2.45) is 0 Å². The van der Waals surface area contributed by atoms with E-state index in [1.807, 2.05) is 0 Å². The van der Waals surface area contributed by atoms with E-state index in [1.165, 1.54) is 17.1 Å². The van der Waals surface area contributed by atoms with Crippen molar-refractivity contribution in [2.45, 2.75) is 13.0 Å². The first-order valence-electron chi connectivity index (χ1n) is 5.15. The van der Waals surface area contributed by atoms with E-state index in [4.69, 9.17) is 4.74 Å². The number of ether oxygens (including phenoxy) is 1. The predicted molar refractivity (Wildman–Crippen MR) is 58.3 cm³/mol. The first-order chi connectivity index (χ1) is 8.11. The summed E-state index contributed by atoms with van der Waals surface area (Å²) in [5.41, 5.74) is 0.477. The maximum absolute atomic E-state index is 11.5. The van der Waals surface area contributed by atoms with Crippen molar-refractivity contribution in [3.05, 3.63) is 35.9 Å². The molecule has 2 rings (SSSR count). The lowest BCUT2D eigenvalue weighted by Crippen LogP contribution is -2.51. The van der Waals surface area contributed by atoms with Crippen molar-refractivity contribution in [2.75, 3.05) is 6.54 Å². The molecule has 0 aliphatic carbocycles. The number of carbonyl (C=O) groups excluding carboxylic acids is 2. The van der Waals surface area contributed by atoms with Gasteiger partial charge in [-0.2, -0.15) is 0 Å². The number of hydrogen-bond donors (Lipinski definition) is 2. The smallest absolute Gasteiger partial charge is 0.393 e. The van der Waals surface area contributed by atoms with Gasteiger partial charge in [-0.1, -0.05) is 6.08 Å². The molecule has 0 radical (unpaired) electrons. The van der Waals surface area contributed by atoms with Crippen LogP contribution in [-0.4, -0.2) is 34.7 Å². The summed E-state index contributed by atoms with van der Waals surface area (Å²) in [7, 11) is 0. The first-order valence-corrected chi connectivity index (χ1v) is 5.15. The van der Waals surface area contributed by atoms with E-state index in [0.29, 0.717) is 5.70 Å². The number of aliphatic hydroxyl groups excluding tert-OH is 1. The van der Waals surface area contributed by atoms with Gasteiger partial charge in [0.1, 0.15) is 6.10 Å². The van der Waals surface area contributed by atoms with E-state index in [9.17, 15) is 14.7 Å². The molecule has 1 saturated heterocycles. The highest BCUT2D eigenvalue weighted by Crippen LogP contribution is 2.26. The van der Waals surface area contributed by atoms with Gasteiger partial charge in [-0.25, -0.2) is 4.79 Å². The Bertz CT molecular complexity index is 450. The summed E-state index contributed by atoms with van der Waals surface area (Å²) in [5.74, 6) is -0.332. The average Bonchev–Trinajstić information content (AvgIpc) is 2.36. The molecule has 0 bridgehead atoms. The summed E-state index contributed by atoms with van der Waals surface area (Å²) < 4.78 is 4.93. The molecule has 2 aliphatic heterocycles. The monoisotopic (exact) mass is 236 g/mol. The fraction of sp³-hybridized carbons (Fsp3) is 0.273. The average molecular weight is 236 g/mol. The summed E-state index contributed by atoms with van der Waals surface area (Å²) in [4.78, 5) is 24.1. The molecular weight excluding hydrogens is 224 g/mol. The van der Waals surface area contributed by atoms with Crippen molar-refractivity contribution in [1.82, 2.24) is 10.2 Å². The van der Waals surface area contributed by atoms with Gasteiger partial charge in [0.25, 0.3) is 0 Å². The van der Waals surface area contributed by atoms with E-state index < -0.39 is 12.2 Å². The number of nitrogens with one attached hydrogen (secondary N) is 1. The Labute approximate surface area is 97.8 Å². The Kier molecular flexibility index (Phi) is 2.97. The van der Waals surface area contributed by atoms with Crippen LogP contribution in [-0.2, 0) is 9.53 Å². The van der Waals surface area contributed by atoms with E-state index in [0.717, 1.165) is 0 Å². The van der Waals surface area contributed by atoms with E-state index in [-0.39, 0.29) is 18.3 Å². The third-order valence-corrected chi connectivity index (χ3v) is 2.40. The minimum atomic E-state index is -0.649. The minimum absolute atomic E-state index is 0.0483. The first kappa shape index (κ1) is 11.4. The molecule has 6 heteroatoms. The molecule has 0 spiro atoms. The van der Waals surface area contributed by atoms with Gasteiger partial charge in [0.2, 0.25) is 11.8 Å². The predicted octanol–water partition coefficient (Wildman–Crippen LogP) is 0.231. The zero-order valence-electron chi connectivity index (χ0n) is 9.21.